The third-order valence-corrected chi connectivity index (χ3v) is 4.00. The Hall–Kier alpha value is -2.80. The molecule has 0 saturated heterocycles. The lowest BCUT2D eigenvalue weighted by molar-refractivity contribution is -0.124. The van der Waals surface area contributed by atoms with Gasteiger partial charge in [-0.1, -0.05) is 30.1 Å². The predicted octanol–water partition coefficient (Wildman–Crippen LogP) is 3.09. The van der Waals surface area contributed by atoms with Crippen LogP contribution in [0, 0.1) is 17.8 Å². The first-order valence-electron chi connectivity index (χ1n) is 8.19. The number of pyridine rings is 1. The van der Waals surface area contributed by atoms with Gasteiger partial charge in [0.15, 0.2) is 0 Å². The van der Waals surface area contributed by atoms with E-state index in [0.717, 1.165) is 35.9 Å². The number of nitrogens with one attached hydrogen (secondary N) is 1. The second-order valence-electron chi connectivity index (χ2n) is 5.70. The molecular formula is C20H20N2O2. The lowest BCUT2D eigenvalue weighted by Gasteiger charge is -2.16. The second kappa shape index (κ2) is 8.16. The Labute approximate surface area is 141 Å². The van der Waals surface area contributed by atoms with Gasteiger partial charge in [0, 0.05) is 23.6 Å². The molecule has 0 aliphatic heterocycles. The molecule has 122 valence electrons. The number of nitrogens with zero attached hydrogens (tertiary/aromatic N) is 1. The highest BCUT2D eigenvalue weighted by molar-refractivity contribution is 5.80. The number of benzene rings is 1. The number of hydrogen-bond donors (Lipinski definition) is 1. The first kappa shape index (κ1) is 16.1. The molecule has 1 aromatic carbocycles. The molecule has 1 amide bonds. The molecule has 1 N–H and O–H groups in total. The zero-order valence-corrected chi connectivity index (χ0v) is 13.5. The molecule has 1 atom stereocenters. The maximum absolute atomic E-state index is 11.9. The van der Waals surface area contributed by atoms with Gasteiger partial charge in [-0.25, -0.2) is 0 Å². The van der Waals surface area contributed by atoms with E-state index < -0.39 is 0 Å². The molecule has 1 aliphatic rings. The van der Waals surface area contributed by atoms with Crippen molar-refractivity contribution in [2.45, 2.75) is 19.3 Å². The summed E-state index contributed by atoms with van der Waals surface area (Å²) >= 11 is 0. The van der Waals surface area contributed by atoms with Gasteiger partial charge < -0.3 is 10.1 Å². The van der Waals surface area contributed by atoms with Crippen LogP contribution in [0.2, 0.25) is 0 Å². The van der Waals surface area contributed by atoms with E-state index in [1.54, 1.807) is 6.20 Å². The molecule has 0 spiro atoms. The molecule has 1 aromatic heterocycles. The van der Waals surface area contributed by atoms with Crippen molar-refractivity contribution in [3.8, 4) is 17.6 Å². The monoisotopic (exact) mass is 320 g/mol. The molecule has 24 heavy (non-hydrogen) atoms. The highest BCUT2D eigenvalue weighted by Crippen LogP contribution is 2.19. The van der Waals surface area contributed by atoms with E-state index in [9.17, 15) is 4.79 Å². The molecule has 1 unspecified atom stereocenters. The molecule has 4 nitrogen and oxygen atoms in total. The SMILES string of the molecule is O=C(NCC#CCOc1ccc2cccnc2c1)C1CC=CCC1. The zero-order chi connectivity index (χ0) is 16.6. The van der Waals surface area contributed by atoms with Crippen LogP contribution in [0.1, 0.15) is 19.3 Å². The van der Waals surface area contributed by atoms with Gasteiger partial charge >= 0.3 is 0 Å². The molecule has 0 radical (unpaired) electrons. The van der Waals surface area contributed by atoms with E-state index in [4.69, 9.17) is 4.74 Å². The highest BCUT2D eigenvalue weighted by Gasteiger charge is 2.17. The van der Waals surface area contributed by atoms with Crippen LogP contribution in [0.25, 0.3) is 10.9 Å². The van der Waals surface area contributed by atoms with Crippen LogP contribution < -0.4 is 10.1 Å². The van der Waals surface area contributed by atoms with Crippen molar-refractivity contribution in [2.24, 2.45) is 5.92 Å². The summed E-state index contributed by atoms with van der Waals surface area (Å²) in [7, 11) is 0. The summed E-state index contributed by atoms with van der Waals surface area (Å²) in [5.41, 5.74) is 0.900. The molecule has 3 rings (SSSR count). The Kier molecular flexibility index (Phi) is 5.47. The summed E-state index contributed by atoms with van der Waals surface area (Å²) in [6, 6.07) is 9.70. The Morgan fingerprint density at radius 3 is 3.12 bits per heavy atom. The lowest BCUT2D eigenvalue weighted by Crippen LogP contribution is -2.31. The van der Waals surface area contributed by atoms with E-state index in [2.05, 4.69) is 34.3 Å². The number of ether oxygens (including phenoxy) is 1. The normalized spacial score (nSPS) is 16.2. The molecular weight excluding hydrogens is 300 g/mol. The molecule has 4 heteroatoms. The standard InChI is InChI=1S/C20H20N2O2/c23-20(17-7-2-1-3-8-17)22-12-4-5-14-24-18-11-10-16-9-6-13-21-19(16)15-18/h1-2,6,9-11,13,15,17H,3,7-8,12,14H2,(H,22,23). The minimum atomic E-state index is 0.0928. The maximum Gasteiger partial charge on any atom is 0.224 e. The van der Waals surface area contributed by atoms with E-state index in [0.29, 0.717) is 13.2 Å². The van der Waals surface area contributed by atoms with Gasteiger partial charge in [0.1, 0.15) is 12.4 Å². The van der Waals surface area contributed by atoms with Gasteiger partial charge in [-0.2, -0.15) is 0 Å². The number of fused-ring (bicyclic) bond motifs is 1. The van der Waals surface area contributed by atoms with Gasteiger partial charge in [0.25, 0.3) is 0 Å². The summed E-state index contributed by atoms with van der Waals surface area (Å²) in [6.45, 7) is 0.655. The van der Waals surface area contributed by atoms with Crippen LogP contribution in [0.5, 0.6) is 5.75 Å². The summed E-state index contributed by atoms with van der Waals surface area (Å²) < 4.78 is 5.60. The largest absolute Gasteiger partial charge is 0.481 e. The average Bonchev–Trinajstić information content (AvgIpc) is 2.65. The molecule has 0 saturated carbocycles. The fraction of sp³-hybridized carbons (Fsp3) is 0.300. The number of allylic oxidation sites excluding steroid dienone is 2. The number of rotatable bonds is 4. The topological polar surface area (TPSA) is 51.2 Å². The summed E-state index contributed by atoms with van der Waals surface area (Å²) in [5.74, 6) is 6.77. The van der Waals surface area contributed by atoms with Crippen molar-refractivity contribution in [1.29, 1.82) is 0 Å². The Morgan fingerprint density at radius 1 is 1.29 bits per heavy atom. The molecule has 1 heterocycles. The van der Waals surface area contributed by atoms with E-state index in [1.165, 1.54) is 0 Å². The Balaban J connectivity index is 1.42. The summed E-state index contributed by atoms with van der Waals surface area (Å²) in [5, 5.41) is 3.94. The van der Waals surface area contributed by atoms with Crippen LogP contribution in [-0.4, -0.2) is 24.0 Å². The van der Waals surface area contributed by atoms with Gasteiger partial charge in [-0.3, -0.25) is 9.78 Å². The second-order valence-corrected chi connectivity index (χ2v) is 5.70. The fourth-order valence-corrected chi connectivity index (χ4v) is 2.68. The van der Waals surface area contributed by atoms with Gasteiger partial charge in [0.2, 0.25) is 5.91 Å². The van der Waals surface area contributed by atoms with Gasteiger partial charge in [-0.15, -0.1) is 0 Å². The zero-order valence-electron chi connectivity index (χ0n) is 13.5. The van der Waals surface area contributed by atoms with E-state index >= 15 is 0 Å². The van der Waals surface area contributed by atoms with Gasteiger partial charge in [0.05, 0.1) is 12.1 Å². The fourth-order valence-electron chi connectivity index (χ4n) is 2.68. The van der Waals surface area contributed by atoms with Crippen LogP contribution in [-0.2, 0) is 4.79 Å². The number of hydrogen-bond acceptors (Lipinski definition) is 3. The number of carbonyl (C=O) groups is 1. The first-order valence-corrected chi connectivity index (χ1v) is 8.19. The van der Waals surface area contributed by atoms with Crippen molar-refractivity contribution in [1.82, 2.24) is 10.3 Å². The third-order valence-electron chi connectivity index (χ3n) is 4.00. The minimum Gasteiger partial charge on any atom is -0.481 e. The number of aromatic nitrogens is 1. The molecule has 0 fully saturated rings. The third kappa shape index (κ3) is 4.36. The predicted molar refractivity (Wildman–Crippen MR) is 94.5 cm³/mol. The van der Waals surface area contributed by atoms with Crippen molar-refractivity contribution in [2.75, 3.05) is 13.2 Å². The number of amides is 1. The molecule has 2 aromatic rings. The maximum atomic E-state index is 11.9. The minimum absolute atomic E-state index is 0.0928. The Bertz CT molecular complexity index is 802. The smallest absolute Gasteiger partial charge is 0.224 e. The van der Waals surface area contributed by atoms with E-state index in [-0.39, 0.29) is 11.8 Å². The Morgan fingerprint density at radius 2 is 2.25 bits per heavy atom. The highest BCUT2D eigenvalue weighted by atomic mass is 16.5. The van der Waals surface area contributed by atoms with Crippen LogP contribution in [0.3, 0.4) is 0 Å². The number of carbonyl (C=O) groups excluding carboxylic acids is 1. The molecule has 1 aliphatic carbocycles. The van der Waals surface area contributed by atoms with E-state index in [1.807, 2.05) is 30.3 Å². The first-order chi connectivity index (χ1) is 11.8. The van der Waals surface area contributed by atoms with Crippen LogP contribution >= 0.6 is 0 Å². The van der Waals surface area contributed by atoms with Crippen molar-refractivity contribution in [3.63, 3.8) is 0 Å². The van der Waals surface area contributed by atoms with Crippen molar-refractivity contribution >= 4 is 16.8 Å². The van der Waals surface area contributed by atoms with Crippen LogP contribution in [0.15, 0.2) is 48.7 Å². The molecule has 0 bridgehead atoms. The lowest BCUT2D eigenvalue weighted by atomic mass is 9.94. The van der Waals surface area contributed by atoms with Crippen molar-refractivity contribution < 1.29 is 9.53 Å². The summed E-state index contributed by atoms with van der Waals surface area (Å²) in [6.07, 6.45) is 8.71. The van der Waals surface area contributed by atoms with Gasteiger partial charge in [-0.05, 0) is 37.5 Å². The quantitative estimate of drug-likeness (QED) is 0.696. The van der Waals surface area contributed by atoms with Crippen molar-refractivity contribution in [3.05, 3.63) is 48.7 Å². The summed E-state index contributed by atoms with van der Waals surface area (Å²) in [4.78, 5) is 16.2. The van der Waals surface area contributed by atoms with Crippen LogP contribution in [0.4, 0.5) is 0 Å². The average molecular weight is 320 g/mol.